The first-order chi connectivity index (χ1) is 15.2. The predicted octanol–water partition coefficient (Wildman–Crippen LogP) is 5.48. The molecule has 5 nitrogen and oxygen atoms in total. The summed E-state index contributed by atoms with van der Waals surface area (Å²) in [7, 11) is 0. The van der Waals surface area contributed by atoms with Gasteiger partial charge >= 0.3 is 6.09 Å². The van der Waals surface area contributed by atoms with Gasteiger partial charge in [-0.15, -0.1) is 0 Å². The Bertz CT molecular complexity index is 863. The molecule has 1 amide bonds. The summed E-state index contributed by atoms with van der Waals surface area (Å²) in [6, 6.07) is 17.2. The second-order valence-electron chi connectivity index (χ2n) is 9.89. The smallest absolute Gasteiger partial charge is 0.410 e. The fourth-order valence-electron chi connectivity index (χ4n) is 3.73. The van der Waals surface area contributed by atoms with Crippen molar-refractivity contribution in [3.63, 3.8) is 0 Å². The van der Waals surface area contributed by atoms with Crippen molar-refractivity contribution in [1.82, 2.24) is 9.80 Å². The summed E-state index contributed by atoms with van der Waals surface area (Å²) in [4.78, 5) is 16.4. The summed E-state index contributed by atoms with van der Waals surface area (Å²) >= 11 is 0. The third-order valence-electron chi connectivity index (χ3n) is 5.64. The number of benzene rings is 2. The molecule has 32 heavy (non-hydrogen) atoms. The van der Waals surface area contributed by atoms with E-state index in [0.717, 1.165) is 31.8 Å². The Morgan fingerprint density at radius 2 is 1.62 bits per heavy atom. The van der Waals surface area contributed by atoms with Gasteiger partial charge in [0.1, 0.15) is 11.4 Å². The Kier molecular flexibility index (Phi) is 8.19. The molecule has 0 spiro atoms. The molecule has 1 aliphatic rings. The van der Waals surface area contributed by atoms with E-state index in [1.54, 1.807) is 0 Å². The zero-order valence-electron chi connectivity index (χ0n) is 20.3. The summed E-state index contributed by atoms with van der Waals surface area (Å²) in [5.74, 6) is 1.45. The van der Waals surface area contributed by atoms with Crippen LogP contribution in [0, 0.1) is 0 Å². The first kappa shape index (κ1) is 24.1. The van der Waals surface area contributed by atoms with E-state index >= 15 is 0 Å². The lowest BCUT2D eigenvalue weighted by atomic mass is 10.0. The van der Waals surface area contributed by atoms with E-state index in [0.29, 0.717) is 25.6 Å². The van der Waals surface area contributed by atoms with Crippen molar-refractivity contribution in [2.24, 2.45) is 0 Å². The molecule has 2 aromatic rings. The van der Waals surface area contributed by atoms with E-state index < -0.39 is 5.60 Å². The monoisotopic (exact) mass is 438 g/mol. The number of amides is 1. The second-order valence-corrected chi connectivity index (χ2v) is 9.89. The van der Waals surface area contributed by atoms with Crippen molar-refractivity contribution >= 4 is 6.09 Å². The third-order valence-corrected chi connectivity index (χ3v) is 5.64. The molecule has 0 bridgehead atoms. The van der Waals surface area contributed by atoms with Crippen molar-refractivity contribution in [1.29, 1.82) is 0 Å². The van der Waals surface area contributed by atoms with Gasteiger partial charge in [-0.3, -0.25) is 4.90 Å². The van der Waals surface area contributed by atoms with Gasteiger partial charge in [0, 0.05) is 39.1 Å². The molecule has 1 saturated heterocycles. The largest absolute Gasteiger partial charge is 0.493 e. The van der Waals surface area contributed by atoms with Crippen LogP contribution in [0.2, 0.25) is 0 Å². The standard InChI is InChI=1S/C27H38N2O3/c1-21(2)24-7-6-8-25(19-24)31-18-13-22-9-11-23(12-10-22)20-28-14-16-29(17-15-28)26(30)32-27(3,4)5/h6-12,19,21H,13-18,20H2,1-5H3. The van der Waals surface area contributed by atoms with Gasteiger partial charge in [0.15, 0.2) is 0 Å². The summed E-state index contributed by atoms with van der Waals surface area (Å²) in [6.45, 7) is 14.8. The number of piperazine rings is 1. The number of nitrogens with zero attached hydrogens (tertiary/aromatic N) is 2. The van der Waals surface area contributed by atoms with Gasteiger partial charge in [-0.05, 0) is 55.5 Å². The molecule has 5 heteroatoms. The summed E-state index contributed by atoms with van der Waals surface area (Å²) in [5.41, 5.74) is 3.44. The topological polar surface area (TPSA) is 42.0 Å². The maximum Gasteiger partial charge on any atom is 0.410 e. The van der Waals surface area contributed by atoms with E-state index in [1.165, 1.54) is 16.7 Å². The van der Waals surface area contributed by atoms with Gasteiger partial charge < -0.3 is 14.4 Å². The van der Waals surface area contributed by atoms with Gasteiger partial charge in [-0.1, -0.05) is 50.2 Å². The van der Waals surface area contributed by atoms with Gasteiger partial charge in [-0.2, -0.15) is 0 Å². The summed E-state index contributed by atoms with van der Waals surface area (Å²) < 4.78 is 11.4. The fraction of sp³-hybridized carbons (Fsp3) is 0.519. The number of hydrogen-bond donors (Lipinski definition) is 0. The molecule has 1 aliphatic heterocycles. The number of ether oxygens (including phenoxy) is 2. The molecule has 1 heterocycles. The van der Waals surface area contributed by atoms with Gasteiger partial charge in [0.2, 0.25) is 0 Å². The van der Waals surface area contributed by atoms with Crippen LogP contribution in [0.1, 0.15) is 57.2 Å². The second kappa shape index (κ2) is 10.9. The molecular weight excluding hydrogens is 400 g/mol. The Hall–Kier alpha value is -2.53. The van der Waals surface area contributed by atoms with Crippen LogP contribution in [0.3, 0.4) is 0 Å². The van der Waals surface area contributed by atoms with E-state index in [2.05, 4.69) is 61.2 Å². The van der Waals surface area contributed by atoms with Gasteiger partial charge in [-0.25, -0.2) is 4.79 Å². The Balaban J connectivity index is 1.41. The minimum absolute atomic E-state index is 0.209. The van der Waals surface area contributed by atoms with Crippen molar-refractivity contribution < 1.29 is 14.3 Å². The van der Waals surface area contributed by atoms with E-state index in [1.807, 2.05) is 31.7 Å². The van der Waals surface area contributed by atoms with E-state index in [9.17, 15) is 4.79 Å². The number of hydrogen-bond acceptors (Lipinski definition) is 4. The van der Waals surface area contributed by atoms with Crippen LogP contribution in [-0.4, -0.2) is 54.3 Å². The Morgan fingerprint density at radius 1 is 0.969 bits per heavy atom. The highest BCUT2D eigenvalue weighted by Crippen LogP contribution is 2.20. The van der Waals surface area contributed by atoms with E-state index in [-0.39, 0.29) is 6.09 Å². The summed E-state index contributed by atoms with van der Waals surface area (Å²) in [6.07, 6.45) is 0.681. The van der Waals surface area contributed by atoms with Crippen LogP contribution in [0.5, 0.6) is 5.75 Å². The van der Waals surface area contributed by atoms with Crippen molar-refractivity contribution in [3.8, 4) is 5.75 Å². The zero-order valence-corrected chi connectivity index (χ0v) is 20.3. The van der Waals surface area contributed by atoms with Crippen LogP contribution < -0.4 is 4.74 Å². The number of carbonyl (C=O) groups excluding carboxylic acids is 1. The third kappa shape index (κ3) is 7.56. The fourth-order valence-corrected chi connectivity index (χ4v) is 3.73. The first-order valence-corrected chi connectivity index (χ1v) is 11.7. The Labute approximate surface area is 193 Å². The molecule has 0 atom stereocenters. The minimum atomic E-state index is -0.445. The first-order valence-electron chi connectivity index (χ1n) is 11.7. The van der Waals surface area contributed by atoms with Crippen LogP contribution in [0.25, 0.3) is 0 Å². The molecule has 3 rings (SSSR count). The van der Waals surface area contributed by atoms with Gasteiger partial charge in [0.25, 0.3) is 0 Å². The molecule has 0 N–H and O–H groups in total. The molecule has 0 unspecified atom stereocenters. The van der Waals surface area contributed by atoms with E-state index in [4.69, 9.17) is 9.47 Å². The lowest BCUT2D eigenvalue weighted by molar-refractivity contribution is 0.0139. The molecule has 1 fully saturated rings. The maximum atomic E-state index is 12.2. The predicted molar refractivity (Wildman–Crippen MR) is 129 cm³/mol. The van der Waals surface area contributed by atoms with Crippen molar-refractivity contribution in [2.45, 2.75) is 59.1 Å². The van der Waals surface area contributed by atoms with Crippen molar-refractivity contribution in [2.75, 3.05) is 32.8 Å². The lowest BCUT2D eigenvalue weighted by Gasteiger charge is -2.35. The average Bonchev–Trinajstić information content (AvgIpc) is 2.74. The zero-order chi connectivity index (χ0) is 23.1. The highest BCUT2D eigenvalue weighted by molar-refractivity contribution is 5.68. The highest BCUT2D eigenvalue weighted by atomic mass is 16.6. The quantitative estimate of drug-likeness (QED) is 0.574. The van der Waals surface area contributed by atoms with Crippen LogP contribution in [0.4, 0.5) is 4.79 Å². The van der Waals surface area contributed by atoms with Crippen LogP contribution in [-0.2, 0) is 17.7 Å². The normalized spacial score (nSPS) is 15.1. The highest BCUT2D eigenvalue weighted by Gasteiger charge is 2.25. The molecule has 174 valence electrons. The molecule has 0 saturated carbocycles. The molecule has 0 aliphatic carbocycles. The van der Waals surface area contributed by atoms with Crippen molar-refractivity contribution in [3.05, 3.63) is 65.2 Å². The van der Waals surface area contributed by atoms with Gasteiger partial charge in [0.05, 0.1) is 6.61 Å². The molecule has 2 aromatic carbocycles. The van der Waals surface area contributed by atoms with Crippen LogP contribution in [0.15, 0.2) is 48.5 Å². The average molecular weight is 439 g/mol. The Morgan fingerprint density at radius 3 is 2.25 bits per heavy atom. The molecular formula is C27H38N2O3. The molecule has 0 radical (unpaired) electrons. The maximum absolute atomic E-state index is 12.2. The van der Waals surface area contributed by atoms with Crippen LogP contribution >= 0.6 is 0 Å². The SMILES string of the molecule is CC(C)c1cccc(OCCc2ccc(CN3CCN(C(=O)OC(C)(C)C)CC3)cc2)c1. The minimum Gasteiger partial charge on any atom is -0.493 e. The molecule has 0 aromatic heterocycles. The summed E-state index contributed by atoms with van der Waals surface area (Å²) in [5, 5.41) is 0. The lowest BCUT2D eigenvalue weighted by Crippen LogP contribution is -2.49. The number of carbonyl (C=O) groups is 1. The number of rotatable bonds is 7.